The van der Waals surface area contributed by atoms with Gasteiger partial charge < -0.3 is 9.64 Å². The smallest absolute Gasteiger partial charge is 0.236 e. The van der Waals surface area contributed by atoms with Crippen LogP contribution in [0.2, 0.25) is 0 Å². The Bertz CT molecular complexity index is 470. The van der Waals surface area contributed by atoms with Gasteiger partial charge in [0.1, 0.15) is 6.10 Å². The van der Waals surface area contributed by atoms with Crippen molar-refractivity contribution in [1.29, 1.82) is 0 Å². The van der Waals surface area contributed by atoms with Crippen molar-refractivity contribution < 1.29 is 9.53 Å². The third-order valence-corrected chi connectivity index (χ3v) is 3.78. The Kier molecular flexibility index (Phi) is 3.93. The van der Waals surface area contributed by atoms with Crippen LogP contribution in [-0.4, -0.2) is 75.2 Å². The van der Waals surface area contributed by atoms with Crippen molar-refractivity contribution in [2.75, 3.05) is 39.3 Å². The first-order chi connectivity index (χ1) is 9.72. The highest BCUT2D eigenvalue weighted by molar-refractivity contribution is 5.78. The van der Waals surface area contributed by atoms with Crippen molar-refractivity contribution in [1.82, 2.24) is 30.0 Å². The minimum Gasteiger partial charge on any atom is -0.367 e. The topological polar surface area (TPSA) is 76.4 Å². The first-order valence-corrected chi connectivity index (χ1v) is 7.08. The molecular formula is C12H20N6O2. The number of likely N-dealkylation sites (tertiary alicyclic amines) is 1. The van der Waals surface area contributed by atoms with Crippen LogP contribution in [0, 0.1) is 0 Å². The molecule has 0 N–H and O–H groups in total. The molecular weight excluding hydrogens is 260 g/mol. The van der Waals surface area contributed by atoms with Gasteiger partial charge in [-0.15, -0.1) is 10.2 Å². The van der Waals surface area contributed by atoms with E-state index in [0.29, 0.717) is 25.5 Å². The number of ether oxygens (including phenoxy) is 1. The average molecular weight is 280 g/mol. The van der Waals surface area contributed by atoms with E-state index in [4.69, 9.17) is 4.74 Å². The molecule has 1 aromatic rings. The highest BCUT2D eigenvalue weighted by Gasteiger charge is 2.28. The number of hydrogen-bond donors (Lipinski definition) is 0. The molecule has 2 fully saturated rings. The fourth-order valence-electron chi connectivity index (χ4n) is 2.69. The van der Waals surface area contributed by atoms with E-state index in [1.165, 1.54) is 4.80 Å². The molecule has 1 aromatic heterocycles. The van der Waals surface area contributed by atoms with Gasteiger partial charge in [-0.1, -0.05) is 0 Å². The Labute approximate surface area is 117 Å². The van der Waals surface area contributed by atoms with Crippen LogP contribution in [0.3, 0.4) is 0 Å². The molecule has 3 rings (SSSR count). The summed E-state index contributed by atoms with van der Waals surface area (Å²) in [5.41, 5.74) is 0. The Morgan fingerprint density at radius 2 is 2.15 bits per heavy atom. The third kappa shape index (κ3) is 2.96. The predicted octanol–water partition coefficient (Wildman–Crippen LogP) is -0.794. The Balaban J connectivity index is 1.56. The van der Waals surface area contributed by atoms with Crippen molar-refractivity contribution in [3.63, 3.8) is 0 Å². The maximum Gasteiger partial charge on any atom is 0.236 e. The number of hydrogen-bond acceptors (Lipinski definition) is 6. The maximum absolute atomic E-state index is 12.2. The second kappa shape index (κ2) is 5.84. The van der Waals surface area contributed by atoms with Gasteiger partial charge in [0.25, 0.3) is 0 Å². The summed E-state index contributed by atoms with van der Waals surface area (Å²) in [7, 11) is 1.73. The minimum atomic E-state index is -0.191. The van der Waals surface area contributed by atoms with E-state index in [-0.39, 0.29) is 12.0 Å². The second-order valence-electron chi connectivity index (χ2n) is 5.32. The number of aromatic nitrogens is 4. The Morgan fingerprint density at radius 1 is 1.35 bits per heavy atom. The van der Waals surface area contributed by atoms with E-state index in [1.54, 1.807) is 7.05 Å². The lowest BCUT2D eigenvalue weighted by Crippen LogP contribution is -2.45. The molecule has 0 spiro atoms. The fourth-order valence-corrected chi connectivity index (χ4v) is 2.69. The molecule has 8 nitrogen and oxygen atoms in total. The molecule has 1 unspecified atom stereocenters. The molecule has 0 aromatic carbocycles. The highest BCUT2D eigenvalue weighted by atomic mass is 16.5. The van der Waals surface area contributed by atoms with E-state index < -0.39 is 0 Å². The molecule has 1 amide bonds. The van der Waals surface area contributed by atoms with Gasteiger partial charge in [0, 0.05) is 26.2 Å². The van der Waals surface area contributed by atoms with E-state index in [0.717, 1.165) is 32.5 Å². The van der Waals surface area contributed by atoms with Gasteiger partial charge in [-0.25, -0.2) is 0 Å². The first-order valence-electron chi connectivity index (χ1n) is 7.08. The quantitative estimate of drug-likeness (QED) is 0.722. The van der Waals surface area contributed by atoms with Crippen LogP contribution in [0.25, 0.3) is 0 Å². The van der Waals surface area contributed by atoms with Crippen molar-refractivity contribution in [2.45, 2.75) is 18.9 Å². The molecule has 0 bridgehead atoms. The zero-order chi connectivity index (χ0) is 13.9. The lowest BCUT2D eigenvalue weighted by molar-refractivity contribution is -0.133. The maximum atomic E-state index is 12.2. The first kappa shape index (κ1) is 13.4. The van der Waals surface area contributed by atoms with Crippen LogP contribution in [-0.2, 0) is 16.6 Å². The van der Waals surface area contributed by atoms with Crippen molar-refractivity contribution in [3.8, 4) is 0 Å². The number of tetrazole rings is 1. The van der Waals surface area contributed by atoms with Crippen molar-refractivity contribution in [3.05, 3.63) is 5.82 Å². The molecule has 2 saturated heterocycles. The molecule has 0 aliphatic carbocycles. The largest absolute Gasteiger partial charge is 0.367 e. The number of carbonyl (C=O) groups excluding carboxylic acids is 1. The zero-order valence-electron chi connectivity index (χ0n) is 11.7. The Morgan fingerprint density at radius 3 is 2.85 bits per heavy atom. The number of aryl methyl sites for hydroxylation is 1. The minimum absolute atomic E-state index is 0.191. The predicted molar refractivity (Wildman–Crippen MR) is 69.7 cm³/mol. The Hall–Kier alpha value is -1.54. The molecule has 2 aliphatic heterocycles. The standard InChI is InChI=1S/C12H20N6O2/c1-16-14-12(13-15-16)10-8-17(6-7-20-10)9-11(19)18-4-2-3-5-18/h10H,2-9H2,1H3. The summed E-state index contributed by atoms with van der Waals surface area (Å²) < 4.78 is 5.67. The zero-order valence-corrected chi connectivity index (χ0v) is 11.7. The lowest BCUT2D eigenvalue weighted by atomic mass is 10.2. The van der Waals surface area contributed by atoms with E-state index >= 15 is 0 Å². The summed E-state index contributed by atoms with van der Waals surface area (Å²) in [6, 6.07) is 0. The summed E-state index contributed by atoms with van der Waals surface area (Å²) in [4.78, 5) is 17.6. The molecule has 110 valence electrons. The van der Waals surface area contributed by atoms with Gasteiger partial charge in [0.05, 0.1) is 20.2 Å². The van der Waals surface area contributed by atoms with Gasteiger partial charge in [-0.05, 0) is 18.1 Å². The summed E-state index contributed by atoms with van der Waals surface area (Å²) >= 11 is 0. The molecule has 20 heavy (non-hydrogen) atoms. The van der Waals surface area contributed by atoms with Gasteiger partial charge in [-0.3, -0.25) is 9.69 Å². The van der Waals surface area contributed by atoms with Crippen LogP contribution in [0.15, 0.2) is 0 Å². The molecule has 3 heterocycles. The van der Waals surface area contributed by atoms with Crippen LogP contribution >= 0.6 is 0 Å². The van der Waals surface area contributed by atoms with Gasteiger partial charge in [0.2, 0.25) is 11.7 Å². The SMILES string of the molecule is Cn1nnc(C2CN(CC(=O)N3CCCC3)CCO2)n1. The van der Waals surface area contributed by atoms with Crippen LogP contribution < -0.4 is 0 Å². The molecule has 1 atom stereocenters. The van der Waals surface area contributed by atoms with Gasteiger partial charge >= 0.3 is 0 Å². The number of carbonyl (C=O) groups is 1. The highest BCUT2D eigenvalue weighted by Crippen LogP contribution is 2.18. The normalized spacial score (nSPS) is 24.2. The second-order valence-corrected chi connectivity index (χ2v) is 5.32. The number of morpholine rings is 1. The number of amides is 1. The van der Waals surface area contributed by atoms with E-state index in [2.05, 4.69) is 20.3 Å². The average Bonchev–Trinajstić information content (AvgIpc) is 3.10. The van der Waals surface area contributed by atoms with E-state index in [9.17, 15) is 4.79 Å². The number of nitrogens with zero attached hydrogens (tertiary/aromatic N) is 6. The van der Waals surface area contributed by atoms with Crippen LogP contribution in [0.5, 0.6) is 0 Å². The van der Waals surface area contributed by atoms with Crippen molar-refractivity contribution >= 4 is 5.91 Å². The van der Waals surface area contributed by atoms with Crippen LogP contribution in [0.1, 0.15) is 24.8 Å². The van der Waals surface area contributed by atoms with Crippen molar-refractivity contribution in [2.24, 2.45) is 7.05 Å². The number of rotatable bonds is 3. The lowest BCUT2D eigenvalue weighted by Gasteiger charge is -2.31. The summed E-state index contributed by atoms with van der Waals surface area (Å²) in [6.07, 6.45) is 2.06. The summed E-state index contributed by atoms with van der Waals surface area (Å²) in [5.74, 6) is 0.807. The fraction of sp³-hybridized carbons (Fsp3) is 0.833. The molecule has 0 saturated carbocycles. The monoisotopic (exact) mass is 280 g/mol. The molecule has 0 radical (unpaired) electrons. The third-order valence-electron chi connectivity index (χ3n) is 3.78. The molecule has 2 aliphatic rings. The van der Waals surface area contributed by atoms with Gasteiger partial charge in [0.15, 0.2) is 0 Å². The van der Waals surface area contributed by atoms with Gasteiger partial charge in [-0.2, -0.15) is 4.80 Å². The summed E-state index contributed by atoms with van der Waals surface area (Å²) in [5, 5.41) is 12.0. The summed E-state index contributed by atoms with van der Waals surface area (Å²) in [6.45, 7) is 4.27. The molecule has 8 heteroatoms. The van der Waals surface area contributed by atoms with Crippen LogP contribution in [0.4, 0.5) is 0 Å². The van der Waals surface area contributed by atoms with E-state index in [1.807, 2.05) is 4.90 Å².